The summed E-state index contributed by atoms with van der Waals surface area (Å²) in [7, 11) is 0. The van der Waals surface area contributed by atoms with E-state index in [2.05, 4.69) is 4.74 Å². The van der Waals surface area contributed by atoms with Gasteiger partial charge in [-0.25, -0.2) is 4.39 Å². The standard InChI is InChI=1S/C12H17FO7/c1-5-10(18-6(2)14)11(19-7(3)15)9(13)12(17-5)20-8(4)16/h5,9-12H,1-4H3/t5-,9?,10+,11-,12?/m0/s1. The van der Waals surface area contributed by atoms with Crippen LogP contribution in [-0.2, 0) is 33.3 Å². The number of ether oxygens (including phenoxy) is 4. The molecule has 0 aromatic heterocycles. The lowest BCUT2D eigenvalue weighted by molar-refractivity contribution is -0.276. The zero-order valence-electron chi connectivity index (χ0n) is 11.6. The first-order valence-corrected chi connectivity index (χ1v) is 6.03. The van der Waals surface area contributed by atoms with Gasteiger partial charge in [0, 0.05) is 20.8 Å². The van der Waals surface area contributed by atoms with Crippen LogP contribution >= 0.6 is 0 Å². The molecule has 1 rings (SSSR count). The molecule has 0 saturated carbocycles. The van der Waals surface area contributed by atoms with Gasteiger partial charge in [0.25, 0.3) is 0 Å². The summed E-state index contributed by atoms with van der Waals surface area (Å²) in [6.07, 6.45) is -6.79. The largest absolute Gasteiger partial charge is 0.456 e. The van der Waals surface area contributed by atoms with Crippen molar-refractivity contribution in [3.8, 4) is 0 Å². The molecular formula is C12H17FO7. The maximum absolute atomic E-state index is 14.2. The monoisotopic (exact) mass is 292 g/mol. The highest BCUT2D eigenvalue weighted by Crippen LogP contribution is 2.29. The summed E-state index contributed by atoms with van der Waals surface area (Å²) in [6, 6.07) is 0. The third kappa shape index (κ3) is 4.16. The normalized spacial score (nSPS) is 33.1. The summed E-state index contributed by atoms with van der Waals surface area (Å²) >= 11 is 0. The van der Waals surface area contributed by atoms with Crippen LogP contribution in [0.15, 0.2) is 0 Å². The van der Waals surface area contributed by atoms with Crippen molar-refractivity contribution in [2.75, 3.05) is 0 Å². The number of carbonyl (C=O) groups is 3. The van der Waals surface area contributed by atoms with Crippen molar-refractivity contribution in [2.24, 2.45) is 0 Å². The van der Waals surface area contributed by atoms with Crippen LogP contribution in [0.25, 0.3) is 0 Å². The third-order valence-corrected chi connectivity index (χ3v) is 2.60. The molecule has 2 unspecified atom stereocenters. The van der Waals surface area contributed by atoms with Crippen molar-refractivity contribution in [2.45, 2.75) is 58.5 Å². The molecule has 0 aromatic rings. The smallest absolute Gasteiger partial charge is 0.305 e. The van der Waals surface area contributed by atoms with Crippen LogP contribution in [0, 0.1) is 0 Å². The highest BCUT2D eigenvalue weighted by atomic mass is 19.1. The predicted octanol–water partition coefficient (Wildman–Crippen LogP) is 0.496. The van der Waals surface area contributed by atoms with E-state index in [1.54, 1.807) is 0 Å². The molecule has 114 valence electrons. The summed E-state index contributed by atoms with van der Waals surface area (Å²) in [6.45, 7) is 4.83. The molecule has 1 aliphatic rings. The molecule has 8 heteroatoms. The minimum Gasteiger partial charge on any atom is -0.456 e. The Morgan fingerprint density at radius 2 is 1.35 bits per heavy atom. The number of carbonyl (C=O) groups excluding carboxylic acids is 3. The minimum absolute atomic E-state index is 0.666. The lowest BCUT2D eigenvalue weighted by Gasteiger charge is -2.40. The van der Waals surface area contributed by atoms with Gasteiger partial charge in [0.1, 0.15) is 0 Å². The third-order valence-electron chi connectivity index (χ3n) is 2.60. The number of rotatable bonds is 3. The number of esters is 3. The van der Waals surface area contributed by atoms with Crippen LogP contribution in [0.1, 0.15) is 27.7 Å². The Kier molecular flexibility index (Phi) is 5.43. The molecule has 0 bridgehead atoms. The van der Waals surface area contributed by atoms with E-state index in [1.807, 2.05) is 0 Å². The number of hydrogen-bond donors (Lipinski definition) is 0. The highest BCUT2D eigenvalue weighted by Gasteiger charge is 2.50. The Morgan fingerprint density at radius 1 is 0.900 bits per heavy atom. The average molecular weight is 292 g/mol. The lowest BCUT2D eigenvalue weighted by Crippen LogP contribution is -2.58. The second-order valence-corrected chi connectivity index (χ2v) is 4.41. The van der Waals surface area contributed by atoms with Gasteiger partial charge in [0.2, 0.25) is 12.5 Å². The minimum atomic E-state index is -1.96. The Balaban J connectivity index is 2.93. The quantitative estimate of drug-likeness (QED) is 0.552. The fourth-order valence-electron chi connectivity index (χ4n) is 1.90. The highest BCUT2D eigenvalue weighted by molar-refractivity contribution is 5.68. The topological polar surface area (TPSA) is 88.1 Å². The van der Waals surface area contributed by atoms with E-state index >= 15 is 0 Å². The van der Waals surface area contributed by atoms with Crippen molar-refractivity contribution in [3.63, 3.8) is 0 Å². The molecule has 1 saturated heterocycles. The number of alkyl halides is 1. The first kappa shape index (κ1) is 16.4. The molecule has 0 amide bonds. The van der Waals surface area contributed by atoms with Crippen LogP contribution in [0.4, 0.5) is 4.39 Å². The average Bonchev–Trinajstić information content (AvgIpc) is 2.28. The van der Waals surface area contributed by atoms with E-state index in [4.69, 9.17) is 14.2 Å². The molecular weight excluding hydrogens is 275 g/mol. The molecule has 0 spiro atoms. The van der Waals surface area contributed by atoms with Gasteiger partial charge in [-0.3, -0.25) is 14.4 Å². The maximum Gasteiger partial charge on any atom is 0.305 e. The molecule has 1 aliphatic heterocycles. The Hall–Kier alpha value is -1.70. The van der Waals surface area contributed by atoms with Crippen molar-refractivity contribution in [1.29, 1.82) is 0 Å². The van der Waals surface area contributed by atoms with Crippen molar-refractivity contribution < 1.29 is 37.7 Å². The Labute approximate surface area is 115 Å². The van der Waals surface area contributed by atoms with Gasteiger partial charge in [-0.2, -0.15) is 0 Å². The molecule has 0 aromatic carbocycles. The van der Waals surface area contributed by atoms with Crippen molar-refractivity contribution in [1.82, 2.24) is 0 Å². The van der Waals surface area contributed by atoms with E-state index in [0.717, 1.165) is 20.8 Å². The Morgan fingerprint density at radius 3 is 1.80 bits per heavy atom. The van der Waals surface area contributed by atoms with Crippen molar-refractivity contribution in [3.05, 3.63) is 0 Å². The maximum atomic E-state index is 14.2. The van der Waals surface area contributed by atoms with E-state index < -0.39 is 48.7 Å². The van der Waals surface area contributed by atoms with Crippen LogP contribution < -0.4 is 0 Å². The van der Waals surface area contributed by atoms with E-state index in [9.17, 15) is 18.8 Å². The summed E-state index contributed by atoms with van der Waals surface area (Å²) < 4.78 is 33.8. The van der Waals surface area contributed by atoms with Gasteiger partial charge < -0.3 is 18.9 Å². The SMILES string of the molecule is CC(=O)OC1O[C@@H](C)[C@@H](OC(C)=O)[C@@H](OC(C)=O)C1F. The second-order valence-electron chi connectivity index (χ2n) is 4.41. The second kappa shape index (κ2) is 6.65. The summed E-state index contributed by atoms with van der Waals surface area (Å²) in [5, 5.41) is 0. The predicted molar refractivity (Wildman–Crippen MR) is 62.1 cm³/mol. The van der Waals surface area contributed by atoms with Gasteiger partial charge in [-0.1, -0.05) is 0 Å². The van der Waals surface area contributed by atoms with Crippen molar-refractivity contribution >= 4 is 17.9 Å². The van der Waals surface area contributed by atoms with E-state index in [1.165, 1.54) is 6.92 Å². The first-order chi connectivity index (χ1) is 9.22. The number of halogens is 1. The van der Waals surface area contributed by atoms with Crippen LogP contribution in [0.2, 0.25) is 0 Å². The molecule has 7 nitrogen and oxygen atoms in total. The fourth-order valence-corrected chi connectivity index (χ4v) is 1.90. The van der Waals surface area contributed by atoms with Gasteiger partial charge in [0.15, 0.2) is 12.2 Å². The zero-order valence-corrected chi connectivity index (χ0v) is 11.6. The van der Waals surface area contributed by atoms with Gasteiger partial charge in [-0.05, 0) is 6.92 Å². The van der Waals surface area contributed by atoms with Gasteiger partial charge in [0.05, 0.1) is 6.10 Å². The van der Waals surface area contributed by atoms with Crippen LogP contribution in [0.3, 0.4) is 0 Å². The zero-order chi connectivity index (χ0) is 15.4. The lowest BCUT2D eigenvalue weighted by atomic mass is 10.00. The molecule has 0 radical (unpaired) electrons. The molecule has 1 heterocycles. The van der Waals surface area contributed by atoms with E-state index in [-0.39, 0.29) is 0 Å². The van der Waals surface area contributed by atoms with Gasteiger partial charge in [-0.15, -0.1) is 0 Å². The molecule has 0 N–H and O–H groups in total. The first-order valence-electron chi connectivity index (χ1n) is 6.03. The fraction of sp³-hybridized carbons (Fsp3) is 0.750. The van der Waals surface area contributed by atoms with Gasteiger partial charge >= 0.3 is 17.9 Å². The summed E-state index contributed by atoms with van der Waals surface area (Å²) in [5.74, 6) is -2.15. The summed E-state index contributed by atoms with van der Waals surface area (Å²) in [4.78, 5) is 33.0. The van der Waals surface area contributed by atoms with Crippen LogP contribution in [-0.4, -0.2) is 48.7 Å². The van der Waals surface area contributed by atoms with Crippen LogP contribution in [0.5, 0.6) is 0 Å². The molecule has 0 aliphatic carbocycles. The Bertz CT molecular complexity index is 397. The summed E-state index contributed by atoms with van der Waals surface area (Å²) in [5.41, 5.74) is 0. The number of hydrogen-bond acceptors (Lipinski definition) is 7. The molecule has 1 fully saturated rings. The molecule has 20 heavy (non-hydrogen) atoms. The molecule has 5 atom stereocenters. The van der Waals surface area contributed by atoms with E-state index in [0.29, 0.717) is 0 Å².